The van der Waals surface area contributed by atoms with Crippen molar-refractivity contribution in [2.24, 2.45) is 5.92 Å². The van der Waals surface area contributed by atoms with E-state index in [2.05, 4.69) is 33.9 Å². The maximum absolute atomic E-state index is 11.8. The van der Waals surface area contributed by atoms with Crippen molar-refractivity contribution in [1.82, 2.24) is 20.1 Å². The van der Waals surface area contributed by atoms with Gasteiger partial charge in [-0.25, -0.2) is 0 Å². The molecule has 2 rings (SSSR count). The summed E-state index contributed by atoms with van der Waals surface area (Å²) in [6.07, 6.45) is 6.29. The normalized spacial score (nSPS) is 16.4. The molecule has 6 heteroatoms. The average Bonchev–Trinajstić information content (AvgIpc) is 2.84. The Labute approximate surface area is 131 Å². The van der Waals surface area contributed by atoms with Crippen LogP contribution in [0.4, 0.5) is 0 Å². The number of nitrogens with one attached hydrogen (secondary N) is 1. The minimum atomic E-state index is 0.0737. The van der Waals surface area contributed by atoms with Crippen molar-refractivity contribution < 1.29 is 4.79 Å². The van der Waals surface area contributed by atoms with Gasteiger partial charge in [-0.15, -0.1) is 10.2 Å². The molecule has 1 aromatic rings. The SMILES string of the molecule is Cc1nnc(SCC(=O)NCC(C)C)n1C1CCCCC1. The molecular formula is C15H26N4OS. The molecule has 0 bridgehead atoms. The first-order chi connectivity index (χ1) is 10.1. The summed E-state index contributed by atoms with van der Waals surface area (Å²) < 4.78 is 2.24. The van der Waals surface area contributed by atoms with Gasteiger partial charge < -0.3 is 9.88 Å². The van der Waals surface area contributed by atoms with Crippen molar-refractivity contribution in [3.05, 3.63) is 5.82 Å². The summed E-state index contributed by atoms with van der Waals surface area (Å²) in [6, 6.07) is 0.509. The molecule has 1 aliphatic carbocycles. The summed E-state index contributed by atoms with van der Waals surface area (Å²) >= 11 is 1.50. The van der Waals surface area contributed by atoms with Gasteiger partial charge in [0.25, 0.3) is 0 Å². The number of hydrogen-bond donors (Lipinski definition) is 1. The lowest BCUT2D eigenvalue weighted by Crippen LogP contribution is -2.29. The lowest BCUT2D eigenvalue weighted by Gasteiger charge is -2.24. The number of hydrogen-bond acceptors (Lipinski definition) is 4. The molecule has 0 spiro atoms. The van der Waals surface area contributed by atoms with Gasteiger partial charge >= 0.3 is 0 Å². The van der Waals surface area contributed by atoms with Gasteiger partial charge in [-0.05, 0) is 25.7 Å². The number of amides is 1. The third-order valence-electron chi connectivity index (χ3n) is 3.81. The van der Waals surface area contributed by atoms with Gasteiger partial charge in [0.05, 0.1) is 5.75 Å². The third-order valence-corrected chi connectivity index (χ3v) is 4.76. The van der Waals surface area contributed by atoms with E-state index in [-0.39, 0.29) is 5.91 Å². The minimum Gasteiger partial charge on any atom is -0.355 e. The van der Waals surface area contributed by atoms with Crippen LogP contribution in [-0.2, 0) is 4.79 Å². The molecule has 0 atom stereocenters. The molecule has 1 aliphatic rings. The second-order valence-electron chi connectivity index (χ2n) is 6.18. The zero-order valence-corrected chi connectivity index (χ0v) is 14.1. The van der Waals surface area contributed by atoms with Gasteiger partial charge in [-0.1, -0.05) is 44.9 Å². The fourth-order valence-electron chi connectivity index (χ4n) is 2.71. The summed E-state index contributed by atoms with van der Waals surface area (Å²) in [5.74, 6) is 1.93. The first kappa shape index (κ1) is 16.3. The summed E-state index contributed by atoms with van der Waals surface area (Å²) in [4.78, 5) is 11.8. The lowest BCUT2D eigenvalue weighted by atomic mass is 9.95. The number of carbonyl (C=O) groups is 1. The number of aromatic nitrogens is 3. The van der Waals surface area contributed by atoms with E-state index in [1.807, 2.05) is 6.92 Å². The lowest BCUT2D eigenvalue weighted by molar-refractivity contribution is -0.118. The number of aryl methyl sites for hydroxylation is 1. The second kappa shape index (κ2) is 7.82. The van der Waals surface area contributed by atoms with Gasteiger partial charge in [-0.2, -0.15) is 0 Å². The molecule has 0 unspecified atom stereocenters. The smallest absolute Gasteiger partial charge is 0.230 e. The van der Waals surface area contributed by atoms with Crippen LogP contribution in [0.1, 0.15) is 57.8 Å². The first-order valence-electron chi connectivity index (χ1n) is 7.89. The Bertz CT molecular complexity index is 466. The van der Waals surface area contributed by atoms with E-state index >= 15 is 0 Å². The Balaban J connectivity index is 1.92. The molecule has 1 aromatic heterocycles. The number of nitrogens with zero attached hydrogens (tertiary/aromatic N) is 3. The number of thioether (sulfide) groups is 1. The highest BCUT2D eigenvalue weighted by molar-refractivity contribution is 7.99. The highest BCUT2D eigenvalue weighted by atomic mass is 32.2. The summed E-state index contributed by atoms with van der Waals surface area (Å²) in [5.41, 5.74) is 0. The minimum absolute atomic E-state index is 0.0737. The van der Waals surface area contributed by atoms with Crippen LogP contribution in [0.25, 0.3) is 0 Å². The zero-order valence-electron chi connectivity index (χ0n) is 13.3. The largest absolute Gasteiger partial charge is 0.355 e. The van der Waals surface area contributed by atoms with Crippen molar-refractivity contribution in [2.45, 2.75) is 64.1 Å². The van der Waals surface area contributed by atoms with Crippen LogP contribution in [0, 0.1) is 12.8 Å². The molecule has 0 aliphatic heterocycles. The van der Waals surface area contributed by atoms with Crippen molar-refractivity contribution in [1.29, 1.82) is 0 Å². The molecule has 0 saturated heterocycles. The first-order valence-corrected chi connectivity index (χ1v) is 8.87. The zero-order chi connectivity index (χ0) is 15.2. The van der Waals surface area contributed by atoms with Crippen molar-refractivity contribution in [3.8, 4) is 0 Å². The van der Waals surface area contributed by atoms with Crippen molar-refractivity contribution in [2.75, 3.05) is 12.3 Å². The number of rotatable bonds is 6. The van der Waals surface area contributed by atoms with Crippen LogP contribution in [0.5, 0.6) is 0 Å². The summed E-state index contributed by atoms with van der Waals surface area (Å²) in [6.45, 7) is 6.92. The number of carbonyl (C=O) groups excluding carboxylic acids is 1. The molecule has 1 saturated carbocycles. The van der Waals surface area contributed by atoms with Crippen LogP contribution in [0.15, 0.2) is 5.16 Å². The van der Waals surface area contributed by atoms with E-state index in [0.717, 1.165) is 17.5 Å². The maximum Gasteiger partial charge on any atom is 0.230 e. The van der Waals surface area contributed by atoms with Crippen molar-refractivity contribution >= 4 is 17.7 Å². The topological polar surface area (TPSA) is 59.8 Å². The van der Waals surface area contributed by atoms with Gasteiger partial charge in [0.2, 0.25) is 5.91 Å². The molecule has 1 heterocycles. The quantitative estimate of drug-likeness (QED) is 0.821. The molecular weight excluding hydrogens is 284 g/mol. The third kappa shape index (κ3) is 4.73. The van der Waals surface area contributed by atoms with Crippen LogP contribution >= 0.6 is 11.8 Å². The van der Waals surface area contributed by atoms with Gasteiger partial charge in [0, 0.05) is 12.6 Å². The molecule has 0 aromatic carbocycles. The predicted molar refractivity (Wildman–Crippen MR) is 85.5 cm³/mol. The van der Waals surface area contributed by atoms with Crippen LogP contribution in [0.2, 0.25) is 0 Å². The maximum atomic E-state index is 11.8. The Morgan fingerprint density at radius 1 is 1.33 bits per heavy atom. The Morgan fingerprint density at radius 3 is 2.71 bits per heavy atom. The standard InChI is InChI=1S/C15H26N4OS/c1-11(2)9-16-14(20)10-21-15-18-17-12(3)19(15)13-7-5-4-6-8-13/h11,13H,4-10H2,1-3H3,(H,16,20). The molecule has 21 heavy (non-hydrogen) atoms. The second-order valence-corrected chi connectivity index (χ2v) is 7.12. The summed E-state index contributed by atoms with van der Waals surface area (Å²) in [5, 5.41) is 12.3. The van der Waals surface area contributed by atoms with Crippen LogP contribution < -0.4 is 5.32 Å². The van der Waals surface area contributed by atoms with E-state index in [4.69, 9.17) is 0 Å². The molecule has 1 N–H and O–H groups in total. The molecule has 118 valence electrons. The van der Waals surface area contributed by atoms with E-state index in [1.54, 1.807) is 0 Å². The highest BCUT2D eigenvalue weighted by Gasteiger charge is 2.21. The van der Waals surface area contributed by atoms with Crippen LogP contribution in [-0.4, -0.2) is 33.0 Å². The summed E-state index contributed by atoms with van der Waals surface area (Å²) in [7, 11) is 0. The predicted octanol–water partition coefficient (Wildman–Crippen LogP) is 2.96. The Kier molecular flexibility index (Phi) is 6.08. The fraction of sp³-hybridized carbons (Fsp3) is 0.800. The highest BCUT2D eigenvalue weighted by Crippen LogP contribution is 2.32. The average molecular weight is 310 g/mol. The molecule has 5 nitrogen and oxygen atoms in total. The Morgan fingerprint density at radius 2 is 2.05 bits per heavy atom. The molecule has 1 fully saturated rings. The van der Waals surface area contributed by atoms with E-state index in [9.17, 15) is 4.79 Å². The van der Waals surface area contributed by atoms with E-state index < -0.39 is 0 Å². The molecule has 1 amide bonds. The molecule has 0 radical (unpaired) electrons. The van der Waals surface area contributed by atoms with Gasteiger partial charge in [-0.3, -0.25) is 4.79 Å². The monoisotopic (exact) mass is 310 g/mol. The van der Waals surface area contributed by atoms with Gasteiger partial charge in [0.15, 0.2) is 5.16 Å². The van der Waals surface area contributed by atoms with Crippen LogP contribution in [0.3, 0.4) is 0 Å². The van der Waals surface area contributed by atoms with E-state index in [1.165, 1.54) is 43.9 Å². The Hall–Kier alpha value is -1.04. The van der Waals surface area contributed by atoms with Crippen molar-refractivity contribution in [3.63, 3.8) is 0 Å². The fourth-order valence-corrected chi connectivity index (χ4v) is 3.59. The van der Waals surface area contributed by atoms with Gasteiger partial charge in [0.1, 0.15) is 5.82 Å². The van der Waals surface area contributed by atoms with E-state index in [0.29, 0.717) is 17.7 Å².